The molecule has 2 aromatic rings. The normalized spacial score (nSPS) is 18.3. The van der Waals surface area contributed by atoms with E-state index in [1.165, 1.54) is 11.4 Å². The average molecular weight is 242 g/mol. The van der Waals surface area contributed by atoms with E-state index >= 15 is 0 Å². The molecule has 1 N–H and O–H groups in total. The molecular formula is C15H18N2O. The highest BCUT2D eigenvalue weighted by atomic mass is 16.3. The van der Waals surface area contributed by atoms with Crippen molar-refractivity contribution in [2.45, 2.75) is 26.4 Å². The van der Waals surface area contributed by atoms with Gasteiger partial charge in [0.15, 0.2) is 0 Å². The van der Waals surface area contributed by atoms with Gasteiger partial charge >= 0.3 is 0 Å². The van der Waals surface area contributed by atoms with E-state index in [-0.39, 0.29) is 0 Å². The van der Waals surface area contributed by atoms with Gasteiger partial charge in [-0.3, -0.25) is 0 Å². The van der Waals surface area contributed by atoms with Crippen molar-refractivity contribution in [3.63, 3.8) is 0 Å². The number of anilines is 2. The zero-order chi connectivity index (χ0) is 12.5. The molecule has 0 amide bonds. The third-order valence-electron chi connectivity index (χ3n) is 3.46. The van der Waals surface area contributed by atoms with Crippen LogP contribution in [0.1, 0.15) is 18.4 Å². The van der Waals surface area contributed by atoms with Gasteiger partial charge < -0.3 is 14.6 Å². The fraction of sp³-hybridized carbons (Fsp3) is 0.333. The Kier molecular flexibility index (Phi) is 2.74. The second-order valence-electron chi connectivity index (χ2n) is 4.89. The van der Waals surface area contributed by atoms with Crippen LogP contribution in [0.25, 0.3) is 0 Å². The van der Waals surface area contributed by atoms with Crippen LogP contribution in [-0.2, 0) is 6.54 Å². The fourth-order valence-electron chi connectivity index (χ4n) is 2.46. The maximum Gasteiger partial charge on any atom is 0.123 e. The molecule has 2 heterocycles. The second kappa shape index (κ2) is 4.41. The molecule has 3 nitrogen and oxygen atoms in total. The molecule has 0 aliphatic carbocycles. The molecule has 1 aromatic carbocycles. The predicted molar refractivity (Wildman–Crippen MR) is 74.0 cm³/mol. The summed E-state index contributed by atoms with van der Waals surface area (Å²) in [5.41, 5.74) is 2.46. The second-order valence-corrected chi connectivity index (χ2v) is 4.89. The lowest BCUT2D eigenvalue weighted by Gasteiger charge is -2.37. The van der Waals surface area contributed by atoms with Gasteiger partial charge in [0.25, 0.3) is 0 Å². The van der Waals surface area contributed by atoms with Crippen LogP contribution in [-0.4, -0.2) is 12.6 Å². The Hall–Kier alpha value is -1.90. The number of nitrogens with zero attached hydrogens (tertiary/aromatic N) is 1. The predicted octanol–water partition coefficient (Wildman–Crippen LogP) is 3.41. The van der Waals surface area contributed by atoms with E-state index in [1.54, 1.807) is 0 Å². The zero-order valence-corrected chi connectivity index (χ0v) is 10.8. The largest absolute Gasteiger partial charge is 0.464 e. The Morgan fingerprint density at radius 2 is 2.11 bits per heavy atom. The third kappa shape index (κ3) is 1.96. The molecule has 1 aliphatic rings. The minimum Gasteiger partial charge on any atom is -0.464 e. The summed E-state index contributed by atoms with van der Waals surface area (Å²) in [5, 5.41) is 3.46. The van der Waals surface area contributed by atoms with Gasteiger partial charge in [0, 0.05) is 12.6 Å². The number of fused-ring (bicyclic) bond motifs is 1. The summed E-state index contributed by atoms with van der Waals surface area (Å²) in [5.74, 6) is 2.00. The van der Waals surface area contributed by atoms with Crippen LogP contribution in [0, 0.1) is 6.92 Å². The van der Waals surface area contributed by atoms with Gasteiger partial charge in [0.1, 0.15) is 11.5 Å². The van der Waals surface area contributed by atoms with Gasteiger partial charge in [-0.2, -0.15) is 0 Å². The van der Waals surface area contributed by atoms with Crippen LogP contribution in [0.4, 0.5) is 11.4 Å². The van der Waals surface area contributed by atoms with Crippen LogP contribution in [0.15, 0.2) is 40.8 Å². The molecule has 0 fully saturated rings. The van der Waals surface area contributed by atoms with E-state index in [1.807, 2.05) is 13.0 Å². The Morgan fingerprint density at radius 3 is 2.89 bits per heavy atom. The van der Waals surface area contributed by atoms with Gasteiger partial charge in [-0.15, -0.1) is 0 Å². The van der Waals surface area contributed by atoms with E-state index in [0.29, 0.717) is 6.04 Å². The van der Waals surface area contributed by atoms with Gasteiger partial charge in [0.05, 0.1) is 17.9 Å². The van der Waals surface area contributed by atoms with E-state index in [0.717, 1.165) is 24.6 Å². The van der Waals surface area contributed by atoms with Crippen molar-refractivity contribution in [1.82, 2.24) is 0 Å². The highest BCUT2D eigenvalue weighted by Gasteiger charge is 2.23. The molecule has 18 heavy (non-hydrogen) atoms. The van der Waals surface area contributed by atoms with Crippen LogP contribution in [0.3, 0.4) is 0 Å². The number of nitrogens with one attached hydrogen (secondary N) is 1. The summed E-state index contributed by atoms with van der Waals surface area (Å²) in [7, 11) is 0. The summed E-state index contributed by atoms with van der Waals surface area (Å²) in [4.78, 5) is 2.39. The summed E-state index contributed by atoms with van der Waals surface area (Å²) < 4.78 is 5.69. The SMILES string of the molecule is Cc1ccc(CN2c3ccccc3NCC2C)o1. The van der Waals surface area contributed by atoms with E-state index in [2.05, 4.69) is 47.5 Å². The number of hydrogen-bond donors (Lipinski definition) is 1. The van der Waals surface area contributed by atoms with Crippen molar-refractivity contribution < 1.29 is 4.42 Å². The third-order valence-corrected chi connectivity index (χ3v) is 3.46. The molecule has 1 aliphatic heterocycles. The number of hydrogen-bond acceptors (Lipinski definition) is 3. The zero-order valence-electron chi connectivity index (χ0n) is 10.8. The minimum absolute atomic E-state index is 0.463. The van der Waals surface area contributed by atoms with Gasteiger partial charge in [-0.25, -0.2) is 0 Å². The number of furan rings is 1. The lowest BCUT2D eigenvalue weighted by molar-refractivity contribution is 0.467. The summed E-state index contributed by atoms with van der Waals surface area (Å²) in [6.45, 7) is 6.02. The van der Waals surface area contributed by atoms with E-state index < -0.39 is 0 Å². The molecule has 0 saturated carbocycles. The Morgan fingerprint density at radius 1 is 1.28 bits per heavy atom. The molecule has 3 rings (SSSR count). The molecule has 94 valence electrons. The van der Waals surface area contributed by atoms with Crippen molar-refractivity contribution in [1.29, 1.82) is 0 Å². The van der Waals surface area contributed by atoms with Gasteiger partial charge in [0.2, 0.25) is 0 Å². The molecule has 1 atom stereocenters. The van der Waals surface area contributed by atoms with Crippen LogP contribution in [0.2, 0.25) is 0 Å². The Bertz CT molecular complexity index is 547. The molecule has 0 saturated heterocycles. The lowest BCUT2D eigenvalue weighted by atomic mass is 10.1. The molecule has 0 spiro atoms. The molecule has 1 unspecified atom stereocenters. The molecule has 3 heteroatoms. The first-order chi connectivity index (χ1) is 8.74. The average Bonchev–Trinajstić information content (AvgIpc) is 2.79. The van der Waals surface area contributed by atoms with Crippen molar-refractivity contribution in [2.24, 2.45) is 0 Å². The monoisotopic (exact) mass is 242 g/mol. The number of rotatable bonds is 2. The van der Waals surface area contributed by atoms with Crippen molar-refractivity contribution in [3.05, 3.63) is 47.9 Å². The quantitative estimate of drug-likeness (QED) is 0.874. The fourth-order valence-corrected chi connectivity index (χ4v) is 2.46. The van der Waals surface area contributed by atoms with E-state index in [4.69, 9.17) is 4.42 Å². The maximum atomic E-state index is 5.69. The van der Waals surface area contributed by atoms with Gasteiger partial charge in [-0.05, 0) is 38.1 Å². The Balaban J connectivity index is 1.91. The van der Waals surface area contributed by atoms with Crippen LogP contribution >= 0.6 is 0 Å². The smallest absolute Gasteiger partial charge is 0.123 e. The van der Waals surface area contributed by atoms with Crippen molar-refractivity contribution >= 4 is 11.4 Å². The number of benzene rings is 1. The topological polar surface area (TPSA) is 28.4 Å². The summed E-state index contributed by atoms with van der Waals surface area (Å²) >= 11 is 0. The summed E-state index contributed by atoms with van der Waals surface area (Å²) in [6.07, 6.45) is 0. The minimum atomic E-state index is 0.463. The summed E-state index contributed by atoms with van der Waals surface area (Å²) in [6, 6.07) is 13.0. The Labute approximate surface area is 107 Å². The highest BCUT2D eigenvalue weighted by Crippen LogP contribution is 2.32. The van der Waals surface area contributed by atoms with Crippen molar-refractivity contribution in [3.8, 4) is 0 Å². The highest BCUT2D eigenvalue weighted by molar-refractivity contribution is 5.72. The van der Waals surface area contributed by atoms with E-state index in [9.17, 15) is 0 Å². The lowest BCUT2D eigenvalue weighted by Crippen LogP contribution is -2.41. The first-order valence-electron chi connectivity index (χ1n) is 6.39. The van der Waals surface area contributed by atoms with Crippen LogP contribution in [0.5, 0.6) is 0 Å². The van der Waals surface area contributed by atoms with Gasteiger partial charge in [-0.1, -0.05) is 12.1 Å². The molecule has 0 radical (unpaired) electrons. The standard InChI is InChI=1S/C15H18N2O/c1-11-9-16-14-5-3-4-6-15(14)17(11)10-13-8-7-12(2)18-13/h3-8,11,16H,9-10H2,1-2H3. The number of para-hydroxylation sites is 2. The van der Waals surface area contributed by atoms with Crippen LogP contribution < -0.4 is 10.2 Å². The maximum absolute atomic E-state index is 5.69. The van der Waals surface area contributed by atoms with Crippen molar-refractivity contribution in [2.75, 3.05) is 16.8 Å². The first kappa shape index (κ1) is 11.2. The molecule has 0 bridgehead atoms. The molecular weight excluding hydrogens is 224 g/mol. The number of aryl methyl sites for hydroxylation is 1. The first-order valence-corrected chi connectivity index (χ1v) is 6.39. The molecule has 1 aromatic heterocycles.